The maximum absolute atomic E-state index is 12.4. The Morgan fingerprint density at radius 2 is 1.49 bits per heavy atom. The number of aromatic amines is 2. The number of aliphatic imine (C=N–C) groups is 1. The van der Waals surface area contributed by atoms with Crippen LogP contribution in [0.1, 0.15) is 66.8 Å². The van der Waals surface area contributed by atoms with Crippen molar-refractivity contribution >= 4 is 53.8 Å². The van der Waals surface area contributed by atoms with E-state index in [1.165, 1.54) is 0 Å². The van der Waals surface area contributed by atoms with Crippen molar-refractivity contribution in [1.82, 2.24) is 15.3 Å². The zero-order chi connectivity index (χ0) is 31.6. The summed E-state index contributed by atoms with van der Waals surface area (Å²) in [5.74, 6) is -3.08. The van der Waals surface area contributed by atoms with E-state index in [1.807, 2.05) is 26.0 Å². The Kier molecular flexibility index (Phi) is 8.80. The van der Waals surface area contributed by atoms with Crippen molar-refractivity contribution in [2.75, 3.05) is 0 Å². The third kappa shape index (κ3) is 6.18. The molecule has 10 nitrogen and oxygen atoms in total. The highest BCUT2D eigenvalue weighted by Gasteiger charge is 2.23. The summed E-state index contributed by atoms with van der Waals surface area (Å²) in [4.78, 5) is 57.8. The number of rotatable bonds is 11. The summed E-state index contributed by atoms with van der Waals surface area (Å²) in [6, 6.07) is 0. The van der Waals surface area contributed by atoms with Crippen molar-refractivity contribution < 1.29 is 29.4 Å². The van der Waals surface area contributed by atoms with Gasteiger partial charge in [-0.05, 0) is 93.9 Å². The van der Waals surface area contributed by atoms with E-state index in [0.29, 0.717) is 44.4 Å². The minimum Gasteiger partial charge on any atom is -0.550 e. The number of carboxylic acids is 2. The third-order valence-electron chi connectivity index (χ3n) is 7.83. The van der Waals surface area contributed by atoms with Crippen LogP contribution in [0.3, 0.4) is 0 Å². The lowest BCUT2D eigenvalue weighted by molar-refractivity contribution is -0.307. The van der Waals surface area contributed by atoms with Crippen LogP contribution in [-0.4, -0.2) is 39.4 Å². The highest BCUT2D eigenvalue weighted by Crippen LogP contribution is 2.27. The average Bonchev–Trinajstić information content (AvgIpc) is 3.59. The molecular formula is C33H32N4O6-2. The molecule has 222 valence electrons. The number of hydrogen-bond acceptors (Lipinski definition) is 6. The number of hydrogen-bond donors (Lipinski definition) is 3. The van der Waals surface area contributed by atoms with E-state index in [4.69, 9.17) is 0 Å². The van der Waals surface area contributed by atoms with E-state index < -0.39 is 17.8 Å². The van der Waals surface area contributed by atoms with Gasteiger partial charge in [0.2, 0.25) is 0 Å². The number of carboxylic acid groups (broad SMARTS) is 2. The quantitative estimate of drug-likeness (QED) is 0.353. The third-order valence-corrected chi connectivity index (χ3v) is 7.83. The first-order chi connectivity index (χ1) is 20.4. The fourth-order valence-electron chi connectivity index (χ4n) is 5.32. The van der Waals surface area contributed by atoms with Crippen molar-refractivity contribution in [3.05, 3.63) is 91.6 Å². The minimum atomic E-state index is -1.24. The van der Waals surface area contributed by atoms with Gasteiger partial charge in [-0.25, -0.2) is 4.99 Å². The van der Waals surface area contributed by atoms with Crippen molar-refractivity contribution in [2.45, 2.75) is 53.4 Å². The molecule has 0 aromatic carbocycles. The first kappa shape index (κ1) is 30.7. The first-order valence-corrected chi connectivity index (χ1v) is 13.7. The van der Waals surface area contributed by atoms with Gasteiger partial charge in [0.1, 0.15) is 0 Å². The summed E-state index contributed by atoms with van der Waals surface area (Å²) < 4.78 is 0. The monoisotopic (exact) mass is 580 g/mol. The maximum atomic E-state index is 12.4. The Morgan fingerprint density at radius 1 is 0.814 bits per heavy atom. The van der Waals surface area contributed by atoms with E-state index in [1.54, 1.807) is 32.1 Å². The van der Waals surface area contributed by atoms with Gasteiger partial charge in [0.25, 0.3) is 11.8 Å². The van der Waals surface area contributed by atoms with E-state index in [2.05, 4.69) is 33.4 Å². The number of aromatic nitrogens is 2. The van der Waals surface area contributed by atoms with E-state index in [-0.39, 0.29) is 31.6 Å². The molecule has 0 fully saturated rings. The number of nitrogens with zero attached hydrogens (tertiary/aromatic N) is 1. The Hall–Kier alpha value is -5.25. The molecule has 10 heteroatoms. The summed E-state index contributed by atoms with van der Waals surface area (Å²) in [7, 11) is 0. The Labute approximate surface area is 248 Å². The second-order valence-corrected chi connectivity index (χ2v) is 10.4. The van der Waals surface area contributed by atoms with Crippen LogP contribution >= 0.6 is 0 Å². The molecule has 0 radical (unpaired) electrons. The van der Waals surface area contributed by atoms with Crippen LogP contribution < -0.4 is 26.2 Å². The molecule has 3 N–H and O–H groups in total. The van der Waals surface area contributed by atoms with Crippen LogP contribution in [0, 0.1) is 13.8 Å². The number of aliphatic carboxylic acids is 2. The van der Waals surface area contributed by atoms with Gasteiger partial charge in [0.05, 0.1) is 11.4 Å². The predicted molar refractivity (Wildman–Crippen MR) is 160 cm³/mol. The Morgan fingerprint density at radius 3 is 2.12 bits per heavy atom. The second-order valence-electron chi connectivity index (χ2n) is 10.4. The topological polar surface area (TPSA) is 170 Å². The number of H-pyrrole nitrogens is 2. The molecule has 0 saturated carbocycles. The number of allylic oxidation sites excluding steroid dienone is 2. The SMILES string of the molecule is C=CC1=C(C)C(=O)N/C1=C/c1[nH]c(/C=c2/[nH]/c(=C/C3=NC(=O)C(C)=C3CCC(=O)[O-])c(CCC(=O)[O-])c2C)c(C=C)c1C. The second kappa shape index (κ2) is 12.3. The number of nitrogens with one attached hydrogen (secondary N) is 3. The number of carbonyl (C=O) groups is 4. The van der Waals surface area contributed by atoms with Crippen LogP contribution in [0.4, 0.5) is 0 Å². The Bertz CT molecular complexity index is 1860. The molecule has 2 aliphatic heterocycles. The van der Waals surface area contributed by atoms with Crippen molar-refractivity contribution in [1.29, 1.82) is 0 Å². The summed E-state index contributed by atoms with van der Waals surface area (Å²) in [6.07, 6.45) is 8.47. The van der Waals surface area contributed by atoms with Crippen LogP contribution in [-0.2, 0) is 25.6 Å². The smallest absolute Gasteiger partial charge is 0.273 e. The molecule has 2 aromatic heterocycles. The summed E-state index contributed by atoms with van der Waals surface area (Å²) in [5, 5.41) is 26.5. The van der Waals surface area contributed by atoms with Crippen LogP contribution in [0.15, 0.2) is 52.2 Å². The van der Waals surface area contributed by atoms with Crippen molar-refractivity contribution in [2.24, 2.45) is 4.99 Å². The zero-order valence-corrected chi connectivity index (χ0v) is 24.5. The number of amides is 2. The molecule has 0 aliphatic carbocycles. The Balaban J connectivity index is 1.86. The van der Waals surface area contributed by atoms with Crippen molar-refractivity contribution in [3.8, 4) is 0 Å². The van der Waals surface area contributed by atoms with Crippen LogP contribution in [0.25, 0.3) is 24.3 Å². The average molecular weight is 581 g/mol. The molecule has 2 amide bonds. The molecule has 4 rings (SSSR count). The fourth-order valence-corrected chi connectivity index (χ4v) is 5.32. The molecular weight excluding hydrogens is 548 g/mol. The summed E-state index contributed by atoms with van der Waals surface area (Å²) >= 11 is 0. The fraction of sp³-hybridized carbons (Fsp3) is 0.242. The molecule has 0 atom stereocenters. The number of carbonyl (C=O) groups excluding carboxylic acids is 4. The highest BCUT2D eigenvalue weighted by atomic mass is 16.4. The van der Waals surface area contributed by atoms with Gasteiger partial charge in [-0.1, -0.05) is 25.3 Å². The molecule has 2 aromatic rings. The van der Waals surface area contributed by atoms with Gasteiger partial charge in [0, 0.05) is 56.3 Å². The molecule has 4 heterocycles. The van der Waals surface area contributed by atoms with E-state index in [9.17, 15) is 29.4 Å². The molecule has 0 bridgehead atoms. The lowest BCUT2D eigenvalue weighted by atomic mass is 10.00. The molecule has 43 heavy (non-hydrogen) atoms. The van der Waals surface area contributed by atoms with E-state index >= 15 is 0 Å². The van der Waals surface area contributed by atoms with Gasteiger partial charge >= 0.3 is 0 Å². The maximum Gasteiger partial charge on any atom is 0.273 e. The molecule has 0 saturated heterocycles. The van der Waals surface area contributed by atoms with Crippen LogP contribution in [0.5, 0.6) is 0 Å². The lowest BCUT2D eigenvalue weighted by Gasteiger charge is -2.06. The zero-order valence-electron chi connectivity index (χ0n) is 24.5. The van der Waals surface area contributed by atoms with Gasteiger partial charge < -0.3 is 35.1 Å². The van der Waals surface area contributed by atoms with Gasteiger partial charge in [-0.2, -0.15) is 0 Å². The van der Waals surface area contributed by atoms with Gasteiger partial charge in [-0.15, -0.1) is 0 Å². The standard InChI is InChI=1S/C33H34N4O6/c1-7-20-16(3)24(14-27-21(8-2)18(5)32(42)36-27)34-26(20)13-25-17(4)22(9-11-30(38)39)28(35-25)15-29-23(10-12-31(40)41)19(6)33(43)37-29/h7-8,13-15,34-35H,1-2,9-12H2,3-6H3,(H,36,42)(H,38,39)(H,40,41)/p-2/b25-13+,27-14+,28-15+. The summed E-state index contributed by atoms with van der Waals surface area (Å²) in [5.41, 5.74) is 7.83. The van der Waals surface area contributed by atoms with Crippen molar-refractivity contribution in [3.63, 3.8) is 0 Å². The molecule has 0 spiro atoms. The normalized spacial score (nSPS) is 16.9. The predicted octanol–water partition coefficient (Wildman–Crippen LogP) is 0.695. The van der Waals surface area contributed by atoms with Gasteiger partial charge in [-0.3, -0.25) is 9.59 Å². The van der Waals surface area contributed by atoms with Gasteiger partial charge in [0.15, 0.2) is 0 Å². The largest absolute Gasteiger partial charge is 0.550 e. The highest BCUT2D eigenvalue weighted by molar-refractivity contribution is 6.31. The lowest BCUT2D eigenvalue weighted by Crippen LogP contribution is -2.24. The molecule has 2 aliphatic rings. The first-order valence-electron chi connectivity index (χ1n) is 13.7. The summed E-state index contributed by atoms with van der Waals surface area (Å²) in [6.45, 7) is 14.9. The van der Waals surface area contributed by atoms with E-state index in [0.717, 1.165) is 33.7 Å². The molecule has 0 unspecified atom stereocenters. The van der Waals surface area contributed by atoms with Crippen LogP contribution in [0.2, 0.25) is 0 Å². The minimum absolute atomic E-state index is 0.0771.